The van der Waals surface area contributed by atoms with E-state index in [1.807, 2.05) is 6.20 Å². The molecule has 14 heavy (non-hydrogen) atoms. The highest BCUT2D eigenvalue weighted by Crippen LogP contribution is 2.21. The fraction of sp³-hybridized carbons (Fsp3) is 0.308. The predicted molar refractivity (Wildman–Crippen MR) is 60.5 cm³/mol. The molecule has 1 heterocycles. The highest BCUT2D eigenvalue weighted by molar-refractivity contribution is 5.85. The van der Waals surface area contributed by atoms with Crippen LogP contribution in [0.2, 0.25) is 0 Å². The first kappa shape index (κ1) is 9.20. The molecule has 0 amide bonds. The Bertz CT molecular complexity index is 446. The first-order chi connectivity index (χ1) is 6.83. The second-order valence-corrected chi connectivity index (χ2v) is 3.66. The van der Waals surface area contributed by atoms with Crippen molar-refractivity contribution in [3.8, 4) is 0 Å². The molecule has 0 aliphatic heterocycles. The summed E-state index contributed by atoms with van der Waals surface area (Å²) in [5.41, 5.74) is 2.58. The number of fused-ring (bicyclic) bond motifs is 1. The largest absolute Gasteiger partial charge is 0.261 e. The van der Waals surface area contributed by atoms with Gasteiger partial charge in [0.2, 0.25) is 0 Å². The van der Waals surface area contributed by atoms with Gasteiger partial charge >= 0.3 is 0 Å². The highest BCUT2D eigenvalue weighted by Gasteiger charge is 2.03. The minimum Gasteiger partial charge on any atom is -0.261 e. The van der Waals surface area contributed by atoms with Gasteiger partial charge in [0.25, 0.3) is 0 Å². The van der Waals surface area contributed by atoms with E-state index in [9.17, 15) is 0 Å². The van der Waals surface area contributed by atoms with Crippen molar-refractivity contribution >= 4 is 10.8 Å². The van der Waals surface area contributed by atoms with Gasteiger partial charge in [0, 0.05) is 17.3 Å². The van der Waals surface area contributed by atoms with Crippen LogP contribution in [-0.4, -0.2) is 4.98 Å². The van der Waals surface area contributed by atoms with E-state index in [0.717, 1.165) is 6.42 Å². The molecule has 0 saturated carbocycles. The summed E-state index contributed by atoms with van der Waals surface area (Å²) in [7, 11) is 0. The Morgan fingerprint density at radius 3 is 2.79 bits per heavy atom. The Hall–Kier alpha value is -1.37. The van der Waals surface area contributed by atoms with E-state index in [-0.39, 0.29) is 0 Å². The Morgan fingerprint density at radius 1 is 1.21 bits per heavy atom. The molecule has 0 aliphatic carbocycles. The van der Waals surface area contributed by atoms with Gasteiger partial charge in [-0.15, -0.1) is 0 Å². The van der Waals surface area contributed by atoms with Crippen LogP contribution in [0.1, 0.15) is 24.6 Å². The third-order valence-corrected chi connectivity index (χ3v) is 2.62. The molecule has 0 unspecified atom stereocenters. The average molecular weight is 185 g/mol. The fourth-order valence-electron chi connectivity index (χ4n) is 1.89. The SMILES string of the molecule is CCCc1c(C)ncc2ccccc12. The second-order valence-electron chi connectivity index (χ2n) is 3.66. The van der Waals surface area contributed by atoms with Gasteiger partial charge in [-0.3, -0.25) is 4.98 Å². The molecule has 72 valence electrons. The zero-order chi connectivity index (χ0) is 9.97. The zero-order valence-electron chi connectivity index (χ0n) is 8.75. The summed E-state index contributed by atoms with van der Waals surface area (Å²) in [5.74, 6) is 0. The van der Waals surface area contributed by atoms with Gasteiger partial charge in [0.15, 0.2) is 0 Å². The van der Waals surface area contributed by atoms with E-state index in [0.29, 0.717) is 0 Å². The topological polar surface area (TPSA) is 12.9 Å². The number of hydrogen-bond acceptors (Lipinski definition) is 1. The monoisotopic (exact) mass is 185 g/mol. The first-order valence-electron chi connectivity index (χ1n) is 5.16. The molecule has 1 aromatic carbocycles. The van der Waals surface area contributed by atoms with Gasteiger partial charge in [0.05, 0.1) is 0 Å². The van der Waals surface area contributed by atoms with Crippen molar-refractivity contribution in [3.05, 3.63) is 41.7 Å². The van der Waals surface area contributed by atoms with Crippen molar-refractivity contribution in [1.82, 2.24) is 4.98 Å². The summed E-state index contributed by atoms with van der Waals surface area (Å²) in [5, 5.41) is 2.61. The quantitative estimate of drug-likeness (QED) is 0.697. The molecule has 1 heteroatoms. The normalized spacial score (nSPS) is 10.7. The number of nitrogens with zero attached hydrogens (tertiary/aromatic N) is 1. The molecule has 0 aliphatic rings. The lowest BCUT2D eigenvalue weighted by Gasteiger charge is -2.07. The van der Waals surface area contributed by atoms with Gasteiger partial charge in [-0.05, 0) is 24.3 Å². The van der Waals surface area contributed by atoms with Crippen LogP contribution in [0.3, 0.4) is 0 Å². The second kappa shape index (κ2) is 3.79. The van der Waals surface area contributed by atoms with E-state index in [4.69, 9.17) is 0 Å². The Morgan fingerprint density at radius 2 is 2.00 bits per heavy atom. The minimum atomic E-state index is 1.13. The van der Waals surface area contributed by atoms with Crippen LogP contribution in [0, 0.1) is 6.92 Å². The fourth-order valence-corrected chi connectivity index (χ4v) is 1.89. The molecule has 0 bridgehead atoms. The molecule has 1 aromatic heterocycles. The van der Waals surface area contributed by atoms with Crippen molar-refractivity contribution in [3.63, 3.8) is 0 Å². The van der Waals surface area contributed by atoms with Crippen molar-refractivity contribution in [2.75, 3.05) is 0 Å². The Kier molecular flexibility index (Phi) is 2.49. The summed E-state index contributed by atoms with van der Waals surface area (Å²) >= 11 is 0. The van der Waals surface area contributed by atoms with Crippen LogP contribution in [0.15, 0.2) is 30.5 Å². The average Bonchev–Trinajstić information content (AvgIpc) is 2.23. The molecule has 2 aromatic rings. The molecule has 0 N–H and O–H groups in total. The third-order valence-electron chi connectivity index (χ3n) is 2.62. The summed E-state index contributed by atoms with van der Waals surface area (Å²) in [6.45, 7) is 4.30. The smallest absolute Gasteiger partial charge is 0.0411 e. The Balaban J connectivity index is 2.69. The van der Waals surface area contributed by atoms with Crippen LogP contribution < -0.4 is 0 Å². The standard InChI is InChI=1S/C13H15N/c1-3-6-12-10(2)14-9-11-7-4-5-8-13(11)12/h4-5,7-9H,3,6H2,1-2H3. The molecule has 0 fully saturated rings. The van der Waals surface area contributed by atoms with Gasteiger partial charge in [-0.2, -0.15) is 0 Å². The number of pyridine rings is 1. The molecule has 2 rings (SSSR count). The van der Waals surface area contributed by atoms with Crippen LogP contribution in [0.5, 0.6) is 0 Å². The van der Waals surface area contributed by atoms with Crippen LogP contribution in [0.4, 0.5) is 0 Å². The molecular formula is C13H15N. The lowest BCUT2D eigenvalue weighted by atomic mass is 10.0. The lowest BCUT2D eigenvalue weighted by Crippen LogP contribution is -1.93. The van der Waals surface area contributed by atoms with Crippen molar-refractivity contribution in [2.24, 2.45) is 0 Å². The molecular weight excluding hydrogens is 170 g/mol. The maximum absolute atomic E-state index is 4.43. The molecule has 0 radical (unpaired) electrons. The van der Waals surface area contributed by atoms with E-state index in [1.165, 1.54) is 28.5 Å². The summed E-state index contributed by atoms with van der Waals surface area (Å²) in [6, 6.07) is 8.48. The maximum atomic E-state index is 4.43. The first-order valence-corrected chi connectivity index (χ1v) is 5.16. The summed E-state index contributed by atoms with van der Waals surface area (Å²) in [6.07, 6.45) is 4.26. The van der Waals surface area contributed by atoms with E-state index >= 15 is 0 Å². The Labute approximate surface area is 84.8 Å². The highest BCUT2D eigenvalue weighted by atomic mass is 14.7. The predicted octanol–water partition coefficient (Wildman–Crippen LogP) is 3.50. The summed E-state index contributed by atoms with van der Waals surface area (Å²) < 4.78 is 0. The van der Waals surface area contributed by atoms with Crippen molar-refractivity contribution in [1.29, 1.82) is 0 Å². The van der Waals surface area contributed by atoms with E-state index < -0.39 is 0 Å². The summed E-state index contributed by atoms with van der Waals surface area (Å²) in [4.78, 5) is 4.43. The maximum Gasteiger partial charge on any atom is 0.0411 e. The van der Waals surface area contributed by atoms with Crippen LogP contribution in [-0.2, 0) is 6.42 Å². The minimum absolute atomic E-state index is 1.13. The lowest BCUT2D eigenvalue weighted by molar-refractivity contribution is 0.909. The van der Waals surface area contributed by atoms with Gasteiger partial charge < -0.3 is 0 Å². The zero-order valence-corrected chi connectivity index (χ0v) is 8.75. The van der Waals surface area contributed by atoms with Gasteiger partial charge in [0.1, 0.15) is 0 Å². The van der Waals surface area contributed by atoms with Crippen LogP contribution >= 0.6 is 0 Å². The number of aryl methyl sites for hydroxylation is 2. The van der Waals surface area contributed by atoms with Gasteiger partial charge in [-0.25, -0.2) is 0 Å². The number of benzene rings is 1. The van der Waals surface area contributed by atoms with Gasteiger partial charge in [-0.1, -0.05) is 37.6 Å². The van der Waals surface area contributed by atoms with E-state index in [2.05, 4.69) is 43.1 Å². The molecule has 0 spiro atoms. The molecule has 1 nitrogen and oxygen atoms in total. The molecule has 0 atom stereocenters. The van der Waals surface area contributed by atoms with E-state index in [1.54, 1.807) is 0 Å². The number of hydrogen-bond donors (Lipinski definition) is 0. The number of aromatic nitrogens is 1. The third kappa shape index (κ3) is 1.50. The molecule has 0 saturated heterocycles. The van der Waals surface area contributed by atoms with Crippen molar-refractivity contribution in [2.45, 2.75) is 26.7 Å². The van der Waals surface area contributed by atoms with Crippen molar-refractivity contribution < 1.29 is 0 Å². The number of rotatable bonds is 2. The van der Waals surface area contributed by atoms with Crippen LogP contribution in [0.25, 0.3) is 10.8 Å².